The second kappa shape index (κ2) is 15.8. The molecule has 0 rings (SSSR count). The Labute approximate surface area is 151 Å². The van der Waals surface area contributed by atoms with E-state index in [-0.39, 0.29) is 29.7 Å². The number of halogens is 1. The lowest BCUT2D eigenvalue weighted by Gasteiger charge is -2.11. The van der Waals surface area contributed by atoms with Crippen LogP contribution in [0.2, 0.25) is 0 Å². The van der Waals surface area contributed by atoms with Gasteiger partial charge >= 0.3 is 0 Å². The van der Waals surface area contributed by atoms with Gasteiger partial charge in [-0.15, -0.1) is 24.0 Å². The summed E-state index contributed by atoms with van der Waals surface area (Å²) < 4.78 is 32.3. The number of nitrogens with zero attached hydrogens (tertiary/aromatic N) is 1. The Morgan fingerprint density at radius 2 is 1.86 bits per heavy atom. The number of sulfone groups is 1. The summed E-state index contributed by atoms with van der Waals surface area (Å²) in [6.07, 6.45) is 2.65. The predicted molar refractivity (Wildman–Crippen MR) is 101 cm³/mol. The molecule has 0 aliphatic rings. The molecule has 0 saturated heterocycles. The van der Waals surface area contributed by atoms with Gasteiger partial charge in [0, 0.05) is 39.6 Å². The number of guanidine groups is 1. The fourth-order valence-corrected chi connectivity index (χ4v) is 2.14. The highest BCUT2D eigenvalue weighted by Crippen LogP contribution is 1.90. The van der Waals surface area contributed by atoms with Crippen LogP contribution in [-0.2, 0) is 19.3 Å². The van der Waals surface area contributed by atoms with Gasteiger partial charge in [0.15, 0.2) is 5.96 Å². The van der Waals surface area contributed by atoms with Crippen LogP contribution >= 0.6 is 24.0 Å². The molecule has 0 atom stereocenters. The maximum atomic E-state index is 11.0. The average Bonchev–Trinajstić information content (AvgIpc) is 2.41. The Balaban J connectivity index is 0. The number of hydrogen-bond donors (Lipinski definition) is 2. The molecule has 0 radical (unpaired) electrons. The molecule has 9 heteroatoms. The van der Waals surface area contributed by atoms with Crippen molar-refractivity contribution in [2.24, 2.45) is 4.99 Å². The van der Waals surface area contributed by atoms with E-state index in [1.54, 1.807) is 7.11 Å². The van der Waals surface area contributed by atoms with Gasteiger partial charge in [-0.05, 0) is 19.8 Å². The van der Waals surface area contributed by atoms with Crippen LogP contribution in [0.3, 0.4) is 0 Å². The highest BCUT2D eigenvalue weighted by atomic mass is 127. The van der Waals surface area contributed by atoms with Crippen LogP contribution in [-0.4, -0.2) is 73.0 Å². The summed E-state index contributed by atoms with van der Waals surface area (Å²) in [6.45, 7) is 5.89. The van der Waals surface area contributed by atoms with Gasteiger partial charge < -0.3 is 20.1 Å². The second-order valence-electron chi connectivity index (χ2n) is 4.63. The molecule has 0 saturated carbocycles. The summed E-state index contributed by atoms with van der Waals surface area (Å²) in [7, 11) is -1.26. The lowest BCUT2D eigenvalue weighted by Crippen LogP contribution is -2.38. The highest BCUT2D eigenvalue weighted by Gasteiger charge is 2.01. The van der Waals surface area contributed by atoms with Gasteiger partial charge in [0.25, 0.3) is 0 Å². The second-order valence-corrected chi connectivity index (χ2v) is 6.89. The van der Waals surface area contributed by atoms with E-state index < -0.39 is 9.84 Å². The van der Waals surface area contributed by atoms with Crippen molar-refractivity contribution in [2.45, 2.75) is 19.8 Å². The molecule has 2 N–H and O–H groups in total. The van der Waals surface area contributed by atoms with Crippen molar-refractivity contribution in [1.29, 1.82) is 0 Å². The number of aliphatic imine (C=N–C) groups is 1. The van der Waals surface area contributed by atoms with E-state index in [2.05, 4.69) is 15.6 Å². The normalized spacial score (nSPS) is 11.9. The van der Waals surface area contributed by atoms with E-state index in [9.17, 15) is 8.42 Å². The van der Waals surface area contributed by atoms with Crippen LogP contribution in [0.15, 0.2) is 4.99 Å². The van der Waals surface area contributed by atoms with Gasteiger partial charge in [0.05, 0.1) is 19.0 Å². The molecule has 0 unspecified atom stereocenters. The molecule has 22 heavy (non-hydrogen) atoms. The summed E-state index contributed by atoms with van der Waals surface area (Å²) >= 11 is 0. The van der Waals surface area contributed by atoms with Crippen LogP contribution in [0.25, 0.3) is 0 Å². The number of rotatable bonds is 12. The Kier molecular flexibility index (Phi) is 17.3. The largest absolute Gasteiger partial charge is 0.382 e. The van der Waals surface area contributed by atoms with Gasteiger partial charge in [-0.3, -0.25) is 4.99 Å². The number of ether oxygens (including phenoxy) is 2. The fraction of sp³-hybridized carbons (Fsp3) is 0.923. The summed E-state index contributed by atoms with van der Waals surface area (Å²) in [5, 5.41) is 6.31. The third-order valence-electron chi connectivity index (χ3n) is 2.48. The molecular formula is C13H30IN3O4S. The average molecular weight is 451 g/mol. The Hall–Kier alpha value is -0.130. The molecule has 0 aromatic heterocycles. The first-order valence-electron chi connectivity index (χ1n) is 7.26. The van der Waals surface area contributed by atoms with E-state index in [1.165, 1.54) is 6.26 Å². The van der Waals surface area contributed by atoms with Crippen molar-refractivity contribution in [1.82, 2.24) is 10.6 Å². The minimum atomic E-state index is -2.90. The molecule has 0 amide bonds. The zero-order chi connectivity index (χ0) is 16.0. The zero-order valence-electron chi connectivity index (χ0n) is 13.8. The van der Waals surface area contributed by atoms with E-state index in [0.29, 0.717) is 38.7 Å². The van der Waals surface area contributed by atoms with E-state index >= 15 is 0 Å². The van der Waals surface area contributed by atoms with E-state index in [0.717, 1.165) is 19.5 Å². The fourth-order valence-electron chi connectivity index (χ4n) is 1.48. The van der Waals surface area contributed by atoms with E-state index in [4.69, 9.17) is 9.47 Å². The lowest BCUT2D eigenvalue weighted by atomic mass is 10.4. The third-order valence-corrected chi connectivity index (χ3v) is 3.51. The minimum Gasteiger partial charge on any atom is -0.382 e. The maximum Gasteiger partial charge on any atom is 0.191 e. The quantitative estimate of drug-likeness (QED) is 0.196. The Morgan fingerprint density at radius 1 is 1.14 bits per heavy atom. The molecule has 0 aromatic carbocycles. The topological polar surface area (TPSA) is 89.0 Å². The van der Waals surface area contributed by atoms with Crippen LogP contribution in [0.5, 0.6) is 0 Å². The predicted octanol–water partition coefficient (Wildman–Crippen LogP) is 0.647. The first-order valence-corrected chi connectivity index (χ1v) is 9.32. The first kappa shape index (κ1) is 24.1. The maximum absolute atomic E-state index is 11.0. The van der Waals surface area contributed by atoms with Gasteiger partial charge in [-0.2, -0.15) is 0 Å². The van der Waals surface area contributed by atoms with Crippen molar-refractivity contribution >= 4 is 39.8 Å². The van der Waals surface area contributed by atoms with Gasteiger partial charge in [-0.25, -0.2) is 8.42 Å². The van der Waals surface area contributed by atoms with Crippen LogP contribution < -0.4 is 10.6 Å². The molecule has 134 valence electrons. The van der Waals surface area contributed by atoms with Crippen LogP contribution in [0, 0.1) is 0 Å². The summed E-state index contributed by atoms with van der Waals surface area (Å²) in [5.41, 5.74) is 0. The number of methoxy groups -OCH3 is 1. The Bertz CT molecular complexity index is 377. The van der Waals surface area contributed by atoms with Crippen molar-refractivity contribution in [2.75, 3.05) is 58.6 Å². The molecular weight excluding hydrogens is 421 g/mol. The highest BCUT2D eigenvalue weighted by molar-refractivity contribution is 14.0. The molecule has 0 aromatic rings. The van der Waals surface area contributed by atoms with Gasteiger partial charge in [-0.1, -0.05) is 0 Å². The molecule has 0 heterocycles. The van der Waals surface area contributed by atoms with Crippen molar-refractivity contribution in [3.8, 4) is 0 Å². The molecule has 0 aliphatic carbocycles. The minimum absolute atomic E-state index is 0. The zero-order valence-corrected chi connectivity index (χ0v) is 16.9. The SMILES string of the molecule is CCNC(=NCCCS(C)(=O)=O)NCCCOCCOC.I. The van der Waals surface area contributed by atoms with Gasteiger partial charge in [0.2, 0.25) is 0 Å². The first-order chi connectivity index (χ1) is 9.99. The molecule has 0 fully saturated rings. The van der Waals surface area contributed by atoms with Crippen LogP contribution in [0.1, 0.15) is 19.8 Å². The molecule has 0 spiro atoms. The summed E-state index contributed by atoms with van der Waals surface area (Å²) in [6, 6.07) is 0. The summed E-state index contributed by atoms with van der Waals surface area (Å²) in [4.78, 5) is 4.33. The lowest BCUT2D eigenvalue weighted by molar-refractivity contribution is 0.0698. The molecule has 7 nitrogen and oxygen atoms in total. The van der Waals surface area contributed by atoms with E-state index in [1.807, 2.05) is 6.92 Å². The number of hydrogen-bond acceptors (Lipinski definition) is 5. The van der Waals surface area contributed by atoms with Crippen molar-refractivity contribution in [3.05, 3.63) is 0 Å². The van der Waals surface area contributed by atoms with Gasteiger partial charge in [0.1, 0.15) is 9.84 Å². The smallest absolute Gasteiger partial charge is 0.191 e. The standard InChI is InChI=1S/C13H29N3O4S.HI/c1-4-14-13(16-8-6-12-21(3,17)18)15-7-5-9-20-11-10-19-2;/h4-12H2,1-3H3,(H2,14,15,16);1H. The Morgan fingerprint density at radius 3 is 2.45 bits per heavy atom. The number of nitrogens with one attached hydrogen (secondary N) is 2. The third kappa shape index (κ3) is 17.9. The molecule has 0 aliphatic heterocycles. The monoisotopic (exact) mass is 451 g/mol. The molecule has 0 bridgehead atoms. The van der Waals surface area contributed by atoms with Crippen LogP contribution in [0.4, 0.5) is 0 Å². The van der Waals surface area contributed by atoms with Crippen molar-refractivity contribution < 1.29 is 17.9 Å². The summed E-state index contributed by atoms with van der Waals surface area (Å²) in [5.74, 6) is 0.881. The van der Waals surface area contributed by atoms with Crippen molar-refractivity contribution in [3.63, 3.8) is 0 Å².